The summed E-state index contributed by atoms with van der Waals surface area (Å²) in [6.07, 6.45) is 1.84. The molecule has 4 rings (SSSR count). The molecule has 3 fully saturated rings. The Hall–Kier alpha value is -0.760. The second-order valence-corrected chi connectivity index (χ2v) is 7.99. The number of likely N-dealkylation sites (N-methyl/N-ethyl adjacent to an activating group) is 1. The molecule has 0 unspecified atom stereocenters. The van der Waals surface area contributed by atoms with E-state index in [-0.39, 0.29) is 17.1 Å². The summed E-state index contributed by atoms with van der Waals surface area (Å²) in [7, 11) is -2.25. The van der Waals surface area contributed by atoms with Crippen LogP contribution in [0.5, 0.6) is 0 Å². The second kappa shape index (κ2) is 4.87. The summed E-state index contributed by atoms with van der Waals surface area (Å²) in [5.41, 5.74) is -0.200. The number of hydrogen-bond donors (Lipinski definition) is 1. The third-order valence-corrected chi connectivity index (χ3v) is 6.43. The van der Waals surface area contributed by atoms with Crippen LogP contribution in [-0.4, -0.2) is 39.0 Å². The van der Waals surface area contributed by atoms with Crippen LogP contribution in [0.1, 0.15) is 12.8 Å². The van der Waals surface area contributed by atoms with Gasteiger partial charge in [-0.05, 0) is 37.9 Å². The van der Waals surface area contributed by atoms with Gasteiger partial charge in [0.2, 0.25) is 10.0 Å². The number of sulfonamides is 1. The summed E-state index contributed by atoms with van der Waals surface area (Å²) < 4.78 is 53.8. The fraction of sp³-hybridized carbons (Fsp3) is 0.538. The molecule has 1 N–H and O–H groups in total. The van der Waals surface area contributed by atoms with E-state index < -0.39 is 26.6 Å². The lowest BCUT2D eigenvalue weighted by atomic mass is 9.73. The molecule has 0 amide bonds. The SMILES string of the molecule is CN1CC2CC1(CNS(=O)(=O)c1c(Cl)ccc(F)c1F)C2. The summed E-state index contributed by atoms with van der Waals surface area (Å²) in [6, 6.07) is 1.84. The zero-order valence-electron chi connectivity index (χ0n) is 11.4. The zero-order chi connectivity index (χ0) is 15.4. The molecule has 2 saturated heterocycles. The van der Waals surface area contributed by atoms with Gasteiger partial charge < -0.3 is 0 Å². The van der Waals surface area contributed by atoms with Gasteiger partial charge in [-0.15, -0.1) is 0 Å². The molecule has 1 aliphatic carbocycles. The van der Waals surface area contributed by atoms with Crippen molar-refractivity contribution in [3.05, 3.63) is 28.8 Å². The molecule has 1 saturated carbocycles. The Balaban J connectivity index is 1.84. The summed E-state index contributed by atoms with van der Waals surface area (Å²) >= 11 is 5.72. The van der Waals surface area contributed by atoms with Gasteiger partial charge in [-0.2, -0.15) is 0 Å². The van der Waals surface area contributed by atoms with Gasteiger partial charge in [0.1, 0.15) is 4.90 Å². The Morgan fingerprint density at radius 1 is 1.43 bits per heavy atom. The Morgan fingerprint density at radius 2 is 2.10 bits per heavy atom. The Morgan fingerprint density at radius 3 is 2.67 bits per heavy atom. The fourth-order valence-corrected chi connectivity index (χ4v) is 5.08. The van der Waals surface area contributed by atoms with Gasteiger partial charge in [0.25, 0.3) is 0 Å². The predicted octanol–water partition coefficient (Wildman–Crippen LogP) is 1.99. The number of nitrogens with one attached hydrogen (secondary N) is 1. The molecule has 0 radical (unpaired) electrons. The van der Waals surface area contributed by atoms with Gasteiger partial charge in [-0.25, -0.2) is 21.9 Å². The normalized spacial score (nSPS) is 28.7. The Kier molecular flexibility index (Phi) is 3.52. The van der Waals surface area contributed by atoms with Crippen LogP contribution in [0.3, 0.4) is 0 Å². The monoisotopic (exact) mass is 336 g/mol. The minimum absolute atomic E-state index is 0.175. The first-order valence-electron chi connectivity index (χ1n) is 6.60. The average Bonchev–Trinajstić information content (AvgIpc) is 2.83. The fourth-order valence-electron chi connectivity index (χ4n) is 3.37. The van der Waals surface area contributed by atoms with Crippen molar-refractivity contribution in [3.8, 4) is 0 Å². The number of fused-ring (bicyclic) bond motifs is 1. The van der Waals surface area contributed by atoms with Crippen molar-refractivity contribution in [1.82, 2.24) is 9.62 Å². The van der Waals surface area contributed by atoms with Crippen LogP contribution in [0.15, 0.2) is 17.0 Å². The lowest BCUT2D eigenvalue weighted by molar-refractivity contribution is 0.135. The summed E-state index contributed by atoms with van der Waals surface area (Å²) in [5.74, 6) is -2.08. The molecule has 1 aromatic rings. The van der Waals surface area contributed by atoms with E-state index in [4.69, 9.17) is 11.6 Å². The van der Waals surface area contributed by atoms with Crippen molar-refractivity contribution in [1.29, 1.82) is 0 Å². The first-order chi connectivity index (χ1) is 9.75. The van der Waals surface area contributed by atoms with Crippen molar-refractivity contribution >= 4 is 21.6 Å². The van der Waals surface area contributed by atoms with Gasteiger partial charge >= 0.3 is 0 Å². The molecule has 2 aliphatic heterocycles. The third kappa shape index (κ3) is 2.36. The topological polar surface area (TPSA) is 49.4 Å². The summed E-state index contributed by atoms with van der Waals surface area (Å²) in [6.45, 7) is 1.12. The quantitative estimate of drug-likeness (QED) is 0.855. The van der Waals surface area contributed by atoms with Crippen molar-refractivity contribution in [2.45, 2.75) is 23.3 Å². The van der Waals surface area contributed by atoms with E-state index in [0.717, 1.165) is 31.5 Å². The molecule has 21 heavy (non-hydrogen) atoms. The maximum Gasteiger partial charge on any atom is 0.245 e. The van der Waals surface area contributed by atoms with E-state index in [1.54, 1.807) is 0 Å². The Bertz CT molecular complexity index is 690. The van der Waals surface area contributed by atoms with Gasteiger partial charge in [-0.1, -0.05) is 11.6 Å². The smallest absolute Gasteiger partial charge is 0.245 e. The highest BCUT2D eigenvalue weighted by molar-refractivity contribution is 7.89. The highest BCUT2D eigenvalue weighted by Crippen LogP contribution is 2.49. The van der Waals surface area contributed by atoms with E-state index in [2.05, 4.69) is 9.62 Å². The van der Waals surface area contributed by atoms with Gasteiger partial charge in [0, 0.05) is 18.6 Å². The van der Waals surface area contributed by atoms with Crippen LogP contribution >= 0.6 is 11.6 Å². The standard InChI is InChI=1S/C13H15ClF2N2O2S/c1-18-6-8-4-13(18,5-8)7-17-21(19,20)12-9(14)2-3-10(15)11(12)16/h2-3,8,17H,4-7H2,1H3. The summed E-state index contributed by atoms with van der Waals surface area (Å²) in [5, 5.41) is -0.329. The molecule has 0 atom stereocenters. The highest BCUT2D eigenvalue weighted by atomic mass is 35.5. The summed E-state index contributed by atoms with van der Waals surface area (Å²) in [4.78, 5) is 1.29. The van der Waals surface area contributed by atoms with Crippen LogP contribution in [0.2, 0.25) is 5.02 Å². The second-order valence-electron chi connectivity index (χ2n) is 5.88. The zero-order valence-corrected chi connectivity index (χ0v) is 12.9. The maximum absolute atomic E-state index is 13.8. The molecule has 3 aliphatic rings. The third-order valence-electron chi connectivity index (χ3n) is 4.54. The van der Waals surface area contributed by atoms with E-state index in [1.165, 1.54) is 0 Å². The molecular formula is C13H15ClF2N2O2S. The molecule has 116 valence electrons. The lowest BCUT2D eigenvalue weighted by Crippen LogP contribution is -2.52. The number of hydrogen-bond acceptors (Lipinski definition) is 3. The van der Waals surface area contributed by atoms with Crippen LogP contribution in [0, 0.1) is 17.6 Å². The van der Waals surface area contributed by atoms with Gasteiger partial charge in [0.05, 0.1) is 5.02 Å². The molecule has 2 heterocycles. The van der Waals surface area contributed by atoms with Crippen LogP contribution in [-0.2, 0) is 10.0 Å². The number of halogens is 3. The predicted molar refractivity (Wildman–Crippen MR) is 74.6 cm³/mol. The number of nitrogens with zero attached hydrogens (tertiary/aromatic N) is 1. The molecule has 1 aromatic carbocycles. The molecule has 0 aromatic heterocycles. The maximum atomic E-state index is 13.8. The first-order valence-corrected chi connectivity index (χ1v) is 8.46. The lowest BCUT2D eigenvalue weighted by Gasteiger charge is -2.41. The molecule has 8 heteroatoms. The highest BCUT2D eigenvalue weighted by Gasteiger charge is 2.54. The van der Waals surface area contributed by atoms with Gasteiger partial charge in [0.15, 0.2) is 11.6 Å². The van der Waals surface area contributed by atoms with Crippen molar-refractivity contribution < 1.29 is 17.2 Å². The largest absolute Gasteiger partial charge is 0.299 e. The number of benzene rings is 1. The van der Waals surface area contributed by atoms with Crippen molar-refractivity contribution in [2.24, 2.45) is 5.92 Å². The van der Waals surface area contributed by atoms with E-state index in [0.29, 0.717) is 5.92 Å². The average molecular weight is 337 g/mol. The molecule has 0 spiro atoms. The van der Waals surface area contributed by atoms with E-state index in [9.17, 15) is 17.2 Å². The van der Waals surface area contributed by atoms with E-state index in [1.807, 2.05) is 7.05 Å². The van der Waals surface area contributed by atoms with Crippen LogP contribution in [0.25, 0.3) is 0 Å². The van der Waals surface area contributed by atoms with Gasteiger partial charge in [-0.3, -0.25) is 4.90 Å². The van der Waals surface area contributed by atoms with Crippen molar-refractivity contribution in [2.75, 3.05) is 20.1 Å². The van der Waals surface area contributed by atoms with Crippen molar-refractivity contribution in [3.63, 3.8) is 0 Å². The Labute approximate surface area is 127 Å². The number of rotatable bonds is 4. The minimum Gasteiger partial charge on any atom is -0.299 e. The molecule has 4 nitrogen and oxygen atoms in total. The molecular weight excluding hydrogens is 322 g/mol. The van der Waals surface area contributed by atoms with E-state index >= 15 is 0 Å². The minimum atomic E-state index is -4.19. The van der Waals surface area contributed by atoms with Crippen LogP contribution in [0.4, 0.5) is 8.78 Å². The van der Waals surface area contributed by atoms with Crippen LogP contribution < -0.4 is 4.72 Å². The molecule has 2 bridgehead atoms. The first kappa shape index (κ1) is 15.1.